The molecule has 1 aliphatic rings. The fourth-order valence-electron chi connectivity index (χ4n) is 2.75. The summed E-state index contributed by atoms with van der Waals surface area (Å²) in [5, 5.41) is 3.23. The van der Waals surface area contributed by atoms with Crippen LogP contribution in [-0.4, -0.2) is 45.4 Å². The summed E-state index contributed by atoms with van der Waals surface area (Å²) in [6.07, 6.45) is 0.921. The Kier molecular flexibility index (Phi) is 9.23. The van der Waals surface area contributed by atoms with Gasteiger partial charge in [0, 0.05) is 24.5 Å². The summed E-state index contributed by atoms with van der Waals surface area (Å²) in [5.41, 5.74) is 4.67. The number of rotatable bonds is 6. The first-order valence-corrected chi connectivity index (χ1v) is 9.01. The number of hydrogen-bond donors (Lipinski definition) is 1. The van der Waals surface area contributed by atoms with E-state index in [0.29, 0.717) is 6.61 Å². The summed E-state index contributed by atoms with van der Waals surface area (Å²) in [7, 11) is 0. The van der Waals surface area contributed by atoms with E-state index < -0.39 is 0 Å². The Hall–Kier alpha value is -1.75. The Balaban J connectivity index is 0.00000139. The third-order valence-electron chi connectivity index (χ3n) is 3.87. The van der Waals surface area contributed by atoms with Crippen molar-refractivity contribution in [1.29, 1.82) is 0 Å². The van der Waals surface area contributed by atoms with Gasteiger partial charge in [0.15, 0.2) is 0 Å². The predicted octanol–water partition coefficient (Wildman–Crippen LogP) is 3.40. The number of benzene rings is 1. The lowest BCUT2D eigenvalue weighted by molar-refractivity contribution is -0.140. The molecule has 1 saturated heterocycles. The quantitative estimate of drug-likeness (QED) is 0.807. The molecule has 1 aromatic rings. The molecular weight excluding hydrogens is 304 g/mol. The van der Waals surface area contributed by atoms with E-state index in [9.17, 15) is 4.79 Å². The van der Waals surface area contributed by atoms with Crippen molar-refractivity contribution >= 4 is 17.3 Å². The van der Waals surface area contributed by atoms with Crippen LogP contribution in [0.25, 0.3) is 0 Å². The van der Waals surface area contributed by atoms with Crippen LogP contribution in [0.2, 0.25) is 0 Å². The van der Waals surface area contributed by atoms with Crippen molar-refractivity contribution in [3.63, 3.8) is 0 Å². The van der Waals surface area contributed by atoms with Crippen LogP contribution in [0.15, 0.2) is 12.1 Å². The van der Waals surface area contributed by atoms with Crippen LogP contribution < -0.4 is 10.2 Å². The number of nitrogens with one attached hydrogen (secondary N) is 1. The molecule has 0 unspecified atom stereocenters. The molecule has 1 heterocycles. The molecule has 0 atom stereocenters. The number of anilines is 2. The molecule has 5 heteroatoms. The largest absolute Gasteiger partial charge is 0.465 e. The van der Waals surface area contributed by atoms with E-state index in [0.717, 1.165) is 44.0 Å². The molecule has 0 amide bonds. The first-order valence-electron chi connectivity index (χ1n) is 9.01. The van der Waals surface area contributed by atoms with E-state index in [-0.39, 0.29) is 12.5 Å². The summed E-state index contributed by atoms with van der Waals surface area (Å²) in [6, 6.07) is 4.39. The maximum Gasteiger partial charge on any atom is 0.325 e. The molecule has 0 bridgehead atoms. The normalized spacial score (nSPS) is 13.8. The van der Waals surface area contributed by atoms with Crippen molar-refractivity contribution in [2.45, 2.75) is 41.0 Å². The molecule has 5 nitrogen and oxygen atoms in total. The fourth-order valence-corrected chi connectivity index (χ4v) is 2.75. The molecule has 1 aliphatic heterocycles. The van der Waals surface area contributed by atoms with Crippen molar-refractivity contribution in [3.8, 4) is 0 Å². The Morgan fingerprint density at radius 3 is 2.50 bits per heavy atom. The molecule has 0 spiro atoms. The molecule has 0 saturated carbocycles. The van der Waals surface area contributed by atoms with Gasteiger partial charge in [0.2, 0.25) is 0 Å². The minimum absolute atomic E-state index is 0.207. The zero-order chi connectivity index (χ0) is 17.9. The maximum atomic E-state index is 11.5. The van der Waals surface area contributed by atoms with E-state index in [4.69, 9.17) is 9.47 Å². The van der Waals surface area contributed by atoms with Crippen molar-refractivity contribution in [1.82, 2.24) is 0 Å². The second-order valence-corrected chi connectivity index (χ2v) is 5.41. The van der Waals surface area contributed by atoms with Gasteiger partial charge in [0.05, 0.1) is 19.8 Å². The average Bonchev–Trinajstić information content (AvgIpc) is 2.62. The standard InChI is InChI=1S/C17H26N2O3.C2H6/c1-4-14-11-15(19-6-8-21-9-7-19)10-13(3)17(14)18-12-16(20)22-5-2;1-2/h10-11,18H,4-9,12H2,1-3H3;1-2H3. The maximum absolute atomic E-state index is 11.5. The van der Waals surface area contributed by atoms with Crippen LogP contribution in [0.4, 0.5) is 11.4 Å². The number of carbonyl (C=O) groups excluding carboxylic acids is 1. The monoisotopic (exact) mass is 336 g/mol. The first-order chi connectivity index (χ1) is 11.7. The summed E-state index contributed by atoms with van der Waals surface area (Å²) >= 11 is 0. The van der Waals surface area contributed by atoms with E-state index in [1.54, 1.807) is 0 Å². The van der Waals surface area contributed by atoms with Gasteiger partial charge < -0.3 is 19.7 Å². The Morgan fingerprint density at radius 1 is 1.25 bits per heavy atom. The van der Waals surface area contributed by atoms with Gasteiger partial charge in [-0.3, -0.25) is 4.79 Å². The number of morpholine rings is 1. The van der Waals surface area contributed by atoms with Gasteiger partial charge >= 0.3 is 5.97 Å². The van der Waals surface area contributed by atoms with Crippen molar-refractivity contribution in [3.05, 3.63) is 23.3 Å². The minimum atomic E-state index is -0.221. The van der Waals surface area contributed by atoms with E-state index in [2.05, 4.69) is 36.2 Å². The Morgan fingerprint density at radius 2 is 1.92 bits per heavy atom. The molecule has 1 aromatic carbocycles. The summed E-state index contributed by atoms with van der Waals surface area (Å²) in [4.78, 5) is 13.9. The summed E-state index contributed by atoms with van der Waals surface area (Å²) in [6.45, 7) is 14.1. The molecule has 1 fully saturated rings. The third kappa shape index (κ3) is 5.71. The van der Waals surface area contributed by atoms with E-state index in [1.807, 2.05) is 20.8 Å². The number of esters is 1. The fraction of sp³-hybridized carbons (Fsp3) is 0.632. The van der Waals surface area contributed by atoms with Crippen LogP contribution in [0.3, 0.4) is 0 Å². The van der Waals surface area contributed by atoms with E-state index in [1.165, 1.54) is 11.3 Å². The molecular formula is C19H32N2O3. The Bertz CT molecular complexity index is 512. The predicted molar refractivity (Wildman–Crippen MR) is 100 cm³/mol. The highest BCUT2D eigenvalue weighted by Crippen LogP contribution is 2.28. The van der Waals surface area contributed by atoms with Crippen molar-refractivity contribution in [2.24, 2.45) is 0 Å². The third-order valence-corrected chi connectivity index (χ3v) is 3.87. The average molecular weight is 336 g/mol. The zero-order valence-electron chi connectivity index (χ0n) is 15.8. The van der Waals surface area contributed by atoms with Crippen molar-refractivity contribution in [2.75, 3.05) is 49.7 Å². The molecule has 0 radical (unpaired) electrons. The van der Waals surface area contributed by atoms with Gasteiger partial charge in [-0.15, -0.1) is 0 Å². The van der Waals surface area contributed by atoms with Crippen LogP contribution in [0.5, 0.6) is 0 Å². The number of aryl methyl sites for hydroxylation is 2. The molecule has 2 rings (SSSR count). The van der Waals surface area contributed by atoms with Gasteiger partial charge in [-0.1, -0.05) is 20.8 Å². The number of carbonyl (C=O) groups is 1. The number of ether oxygens (including phenoxy) is 2. The van der Waals surface area contributed by atoms with Gasteiger partial charge in [0.25, 0.3) is 0 Å². The van der Waals surface area contributed by atoms with Crippen LogP contribution in [0.1, 0.15) is 38.8 Å². The Labute approximate surface area is 146 Å². The molecule has 24 heavy (non-hydrogen) atoms. The highest BCUT2D eigenvalue weighted by atomic mass is 16.5. The molecule has 1 N–H and O–H groups in total. The smallest absolute Gasteiger partial charge is 0.325 e. The minimum Gasteiger partial charge on any atom is -0.465 e. The molecule has 136 valence electrons. The highest BCUT2D eigenvalue weighted by molar-refractivity contribution is 5.77. The van der Waals surface area contributed by atoms with E-state index >= 15 is 0 Å². The van der Waals surface area contributed by atoms with Gasteiger partial charge in [-0.05, 0) is 43.5 Å². The number of nitrogens with zero attached hydrogens (tertiary/aromatic N) is 1. The topological polar surface area (TPSA) is 50.8 Å². The van der Waals surface area contributed by atoms with Crippen LogP contribution >= 0.6 is 0 Å². The van der Waals surface area contributed by atoms with Gasteiger partial charge in [0.1, 0.15) is 6.54 Å². The SMILES string of the molecule is CC.CCOC(=O)CNc1c(C)cc(N2CCOCC2)cc1CC. The lowest BCUT2D eigenvalue weighted by atomic mass is 10.0. The second kappa shape index (κ2) is 10.9. The summed E-state index contributed by atoms with van der Waals surface area (Å²) < 4.78 is 10.4. The number of hydrogen-bond acceptors (Lipinski definition) is 5. The zero-order valence-corrected chi connectivity index (χ0v) is 15.8. The van der Waals surface area contributed by atoms with Crippen LogP contribution in [0, 0.1) is 6.92 Å². The summed E-state index contributed by atoms with van der Waals surface area (Å²) in [5.74, 6) is -0.221. The molecule has 0 aromatic heterocycles. The van der Waals surface area contributed by atoms with Crippen LogP contribution in [-0.2, 0) is 20.7 Å². The van der Waals surface area contributed by atoms with Crippen molar-refractivity contribution < 1.29 is 14.3 Å². The first kappa shape index (κ1) is 20.3. The lowest BCUT2D eigenvalue weighted by Crippen LogP contribution is -2.36. The van der Waals surface area contributed by atoms with Gasteiger partial charge in [-0.25, -0.2) is 0 Å². The molecule has 0 aliphatic carbocycles. The lowest BCUT2D eigenvalue weighted by Gasteiger charge is -2.30. The highest BCUT2D eigenvalue weighted by Gasteiger charge is 2.15. The van der Waals surface area contributed by atoms with Gasteiger partial charge in [-0.2, -0.15) is 0 Å². The second-order valence-electron chi connectivity index (χ2n) is 5.41.